The van der Waals surface area contributed by atoms with Gasteiger partial charge in [-0.05, 0) is 48.4 Å². The zero-order valence-electron chi connectivity index (χ0n) is 20.2. The Labute approximate surface area is 209 Å². The van der Waals surface area contributed by atoms with Gasteiger partial charge in [0.2, 0.25) is 5.88 Å². The lowest BCUT2D eigenvalue weighted by Gasteiger charge is -2.27. The van der Waals surface area contributed by atoms with Crippen LogP contribution in [0.25, 0.3) is 0 Å². The maximum atomic E-state index is 12.5. The van der Waals surface area contributed by atoms with Crippen molar-refractivity contribution in [3.8, 4) is 34.8 Å². The highest BCUT2D eigenvalue weighted by Gasteiger charge is 2.31. The molecule has 0 aromatic heterocycles. The van der Waals surface area contributed by atoms with Crippen molar-refractivity contribution in [1.29, 1.82) is 5.26 Å². The molecule has 0 radical (unpaired) electrons. The number of ether oxygens (including phenoxy) is 5. The van der Waals surface area contributed by atoms with Crippen molar-refractivity contribution >= 4 is 5.97 Å². The Morgan fingerprint density at radius 3 is 2.42 bits per heavy atom. The number of hydrogen-bond acceptors (Lipinski definition) is 8. The number of nitriles is 1. The van der Waals surface area contributed by atoms with E-state index >= 15 is 0 Å². The molecule has 1 aliphatic rings. The predicted octanol–water partition coefficient (Wildman–Crippen LogP) is 4.47. The van der Waals surface area contributed by atoms with E-state index in [1.807, 2.05) is 19.1 Å². The third-order valence-electron chi connectivity index (χ3n) is 5.75. The first-order chi connectivity index (χ1) is 17.5. The Kier molecular flexibility index (Phi) is 7.31. The molecule has 3 aromatic carbocycles. The van der Waals surface area contributed by atoms with Gasteiger partial charge in [-0.15, -0.1) is 0 Å². The third-order valence-corrected chi connectivity index (χ3v) is 5.75. The maximum absolute atomic E-state index is 12.5. The summed E-state index contributed by atoms with van der Waals surface area (Å²) >= 11 is 0. The molecule has 0 aliphatic carbocycles. The molecule has 0 bridgehead atoms. The van der Waals surface area contributed by atoms with Crippen LogP contribution in [0.3, 0.4) is 0 Å². The van der Waals surface area contributed by atoms with E-state index in [0.717, 1.165) is 11.1 Å². The van der Waals surface area contributed by atoms with E-state index in [9.17, 15) is 10.1 Å². The Bertz CT molecular complexity index is 1340. The van der Waals surface area contributed by atoms with E-state index < -0.39 is 11.9 Å². The number of allylic oxidation sites excluding steroid dienone is 1. The molecule has 8 heteroatoms. The van der Waals surface area contributed by atoms with E-state index in [2.05, 4.69) is 6.07 Å². The van der Waals surface area contributed by atoms with Crippen molar-refractivity contribution in [2.45, 2.75) is 19.3 Å². The van der Waals surface area contributed by atoms with Crippen LogP contribution >= 0.6 is 0 Å². The number of carbonyl (C=O) groups excluding carboxylic acids is 1. The second-order valence-electron chi connectivity index (χ2n) is 7.97. The number of carbonyl (C=O) groups is 1. The van der Waals surface area contributed by atoms with E-state index in [4.69, 9.17) is 29.4 Å². The van der Waals surface area contributed by atoms with Gasteiger partial charge in [-0.1, -0.05) is 24.3 Å². The van der Waals surface area contributed by atoms with Crippen molar-refractivity contribution in [2.24, 2.45) is 5.73 Å². The second-order valence-corrected chi connectivity index (χ2v) is 7.97. The van der Waals surface area contributed by atoms with Gasteiger partial charge < -0.3 is 29.4 Å². The highest BCUT2D eigenvalue weighted by Crippen LogP contribution is 2.45. The Hall–Kier alpha value is -4.64. The average Bonchev–Trinajstić information content (AvgIpc) is 2.88. The quantitative estimate of drug-likeness (QED) is 0.367. The van der Waals surface area contributed by atoms with Gasteiger partial charge in [0.15, 0.2) is 11.5 Å². The van der Waals surface area contributed by atoms with Gasteiger partial charge >= 0.3 is 5.97 Å². The SMILES string of the molecule is CCOc1ccc(C2C(C#N)=C(N)Oc3cc(OC(=O)Cc4ccc(OC)cc4)ccc32)cc1OC. The van der Waals surface area contributed by atoms with Crippen LogP contribution in [0.15, 0.2) is 72.1 Å². The summed E-state index contributed by atoms with van der Waals surface area (Å²) in [7, 11) is 3.14. The zero-order chi connectivity index (χ0) is 25.7. The van der Waals surface area contributed by atoms with Gasteiger partial charge in [-0.3, -0.25) is 4.79 Å². The third kappa shape index (κ3) is 5.05. The van der Waals surface area contributed by atoms with E-state index in [-0.39, 0.29) is 17.9 Å². The number of nitrogens with two attached hydrogens (primary N) is 1. The second kappa shape index (κ2) is 10.7. The van der Waals surface area contributed by atoms with E-state index in [1.165, 1.54) is 0 Å². The minimum atomic E-state index is -0.493. The summed E-state index contributed by atoms with van der Waals surface area (Å²) in [4.78, 5) is 12.5. The Morgan fingerprint density at radius 1 is 1.00 bits per heavy atom. The molecule has 3 aromatic rings. The standard InChI is InChI=1S/C28H26N2O6/c1-4-34-23-12-7-18(14-25(23)33-3)27-21-11-10-20(15-24(21)36-28(30)22(27)16-29)35-26(31)13-17-5-8-19(32-2)9-6-17/h5-12,14-15,27H,4,13,30H2,1-3H3. The fourth-order valence-electron chi connectivity index (χ4n) is 4.06. The summed E-state index contributed by atoms with van der Waals surface area (Å²) < 4.78 is 27.5. The first-order valence-electron chi connectivity index (χ1n) is 11.3. The molecule has 2 N–H and O–H groups in total. The molecule has 0 spiro atoms. The number of fused-ring (bicyclic) bond motifs is 1. The van der Waals surface area contributed by atoms with Crippen LogP contribution in [0.2, 0.25) is 0 Å². The Morgan fingerprint density at radius 2 is 1.75 bits per heavy atom. The molecular formula is C28H26N2O6. The van der Waals surface area contributed by atoms with Crippen LogP contribution in [0.5, 0.6) is 28.7 Å². The number of nitrogens with zero attached hydrogens (tertiary/aromatic N) is 1. The van der Waals surface area contributed by atoms with Crippen molar-refractivity contribution < 1.29 is 28.5 Å². The summed E-state index contributed by atoms with van der Waals surface area (Å²) in [5.41, 5.74) is 8.68. The topological polar surface area (TPSA) is 113 Å². The highest BCUT2D eigenvalue weighted by molar-refractivity contribution is 5.75. The first kappa shape index (κ1) is 24.5. The van der Waals surface area contributed by atoms with Crippen LogP contribution in [-0.2, 0) is 11.2 Å². The molecule has 1 aliphatic heterocycles. The van der Waals surface area contributed by atoms with Crippen molar-refractivity contribution in [2.75, 3.05) is 20.8 Å². The van der Waals surface area contributed by atoms with Crippen LogP contribution in [0.1, 0.15) is 29.5 Å². The smallest absolute Gasteiger partial charge is 0.315 e. The minimum Gasteiger partial charge on any atom is -0.497 e. The van der Waals surface area contributed by atoms with Crippen LogP contribution in [-0.4, -0.2) is 26.8 Å². The summed E-state index contributed by atoms with van der Waals surface area (Å²) in [6.45, 7) is 2.38. The molecule has 4 rings (SSSR count). The lowest BCUT2D eigenvalue weighted by Crippen LogP contribution is -2.21. The van der Waals surface area contributed by atoms with E-state index in [0.29, 0.717) is 40.9 Å². The Balaban J connectivity index is 1.61. The molecule has 1 unspecified atom stereocenters. The summed E-state index contributed by atoms with van der Waals surface area (Å²) in [6, 6.07) is 19.9. The van der Waals surface area contributed by atoms with Gasteiger partial charge in [0.25, 0.3) is 0 Å². The molecular weight excluding hydrogens is 460 g/mol. The largest absolute Gasteiger partial charge is 0.497 e. The summed E-state index contributed by atoms with van der Waals surface area (Å²) in [5, 5.41) is 9.83. The number of rotatable bonds is 8. The van der Waals surface area contributed by atoms with Gasteiger partial charge in [0.1, 0.15) is 28.9 Å². The number of benzene rings is 3. The van der Waals surface area contributed by atoms with Gasteiger partial charge in [0.05, 0.1) is 33.2 Å². The number of hydrogen-bond donors (Lipinski definition) is 1. The fourth-order valence-corrected chi connectivity index (χ4v) is 4.06. The zero-order valence-corrected chi connectivity index (χ0v) is 20.2. The molecule has 0 fully saturated rings. The predicted molar refractivity (Wildman–Crippen MR) is 132 cm³/mol. The molecule has 0 saturated carbocycles. The van der Waals surface area contributed by atoms with E-state index in [1.54, 1.807) is 62.8 Å². The summed E-state index contributed by atoms with van der Waals surface area (Å²) in [6.07, 6.45) is 0.0944. The maximum Gasteiger partial charge on any atom is 0.315 e. The van der Waals surface area contributed by atoms with Gasteiger partial charge in [-0.2, -0.15) is 5.26 Å². The van der Waals surface area contributed by atoms with Crippen LogP contribution in [0, 0.1) is 11.3 Å². The molecule has 184 valence electrons. The molecule has 1 atom stereocenters. The number of esters is 1. The van der Waals surface area contributed by atoms with Crippen molar-refractivity contribution in [1.82, 2.24) is 0 Å². The van der Waals surface area contributed by atoms with Gasteiger partial charge in [-0.25, -0.2) is 0 Å². The normalized spacial score (nSPS) is 14.2. The van der Waals surface area contributed by atoms with Gasteiger partial charge in [0, 0.05) is 11.6 Å². The highest BCUT2D eigenvalue weighted by atomic mass is 16.5. The fraction of sp³-hybridized carbons (Fsp3) is 0.214. The monoisotopic (exact) mass is 486 g/mol. The molecule has 1 heterocycles. The van der Waals surface area contributed by atoms with Crippen molar-refractivity contribution in [3.63, 3.8) is 0 Å². The lowest BCUT2D eigenvalue weighted by atomic mass is 9.83. The number of methoxy groups -OCH3 is 2. The first-order valence-corrected chi connectivity index (χ1v) is 11.3. The molecule has 36 heavy (non-hydrogen) atoms. The molecule has 0 amide bonds. The van der Waals surface area contributed by atoms with Crippen LogP contribution in [0.4, 0.5) is 0 Å². The molecule has 8 nitrogen and oxygen atoms in total. The van der Waals surface area contributed by atoms with Crippen molar-refractivity contribution in [3.05, 3.63) is 88.8 Å². The minimum absolute atomic E-state index is 0.00967. The lowest BCUT2D eigenvalue weighted by molar-refractivity contribution is -0.133. The average molecular weight is 487 g/mol. The summed E-state index contributed by atoms with van der Waals surface area (Å²) in [5.74, 6) is 1.64. The van der Waals surface area contributed by atoms with Crippen LogP contribution < -0.4 is 29.4 Å². The molecule has 0 saturated heterocycles.